The third kappa shape index (κ3) is 3.43. The number of piperidine rings is 1. The number of benzene rings is 1. The molecular formula is C17H23NO3. The lowest BCUT2D eigenvalue weighted by molar-refractivity contribution is -0.143. The minimum absolute atomic E-state index is 0.0496. The van der Waals surface area contributed by atoms with Gasteiger partial charge in [0.2, 0.25) is 0 Å². The molecule has 0 radical (unpaired) electrons. The molecule has 4 heteroatoms. The minimum Gasteiger partial charge on any atom is -0.481 e. The first kappa shape index (κ1) is 15.5. The van der Waals surface area contributed by atoms with E-state index in [4.69, 9.17) is 5.11 Å². The summed E-state index contributed by atoms with van der Waals surface area (Å²) in [5.41, 5.74) is 1.58. The van der Waals surface area contributed by atoms with Crippen LogP contribution in [0.25, 0.3) is 0 Å². The third-order valence-corrected chi connectivity index (χ3v) is 4.02. The molecule has 1 N–H and O–H groups in total. The van der Waals surface area contributed by atoms with E-state index in [1.165, 1.54) is 0 Å². The van der Waals surface area contributed by atoms with Crippen molar-refractivity contribution in [3.63, 3.8) is 0 Å². The molecular weight excluding hydrogens is 266 g/mol. The van der Waals surface area contributed by atoms with Gasteiger partial charge in [-0.05, 0) is 29.9 Å². The topological polar surface area (TPSA) is 57.6 Å². The molecule has 2 rings (SSSR count). The van der Waals surface area contributed by atoms with Crippen LogP contribution >= 0.6 is 0 Å². The van der Waals surface area contributed by atoms with Gasteiger partial charge >= 0.3 is 5.97 Å². The van der Waals surface area contributed by atoms with E-state index in [-0.39, 0.29) is 11.3 Å². The van der Waals surface area contributed by atoms with Crippen molar-refractivity contribution in [1.82, 2.24) is 4.90 Å². The lowest BCUT2D eigenvalue weighted by Gasteiger charge is -2.32. The van der Waals surface area contributed by atoms with Crippen LogP contribution in [0, 0.1) is 5.92 Å². The van der Waals surface area contributed by atoms with Crippen molar-refractivity contribution in [3.8, 4) is 0 Å². The second-order valence-corrected chi connectivity index (χ2v) is 6.72. The number of aliphatic carboxylic acids is 1. The molecule has 0 aliphatic carbocycles. The molecule has 1 amide bonds. The molecule has 1 aliphatic heterocycles. The van der Waals surface area contributed by atoms with Gasteiger partial charge in [-0.1, -0.05) is 39.0 Å². The number of hydrogen-bond donors (Lipinski definition) is 1. The van der Waals surface area contributed by atoms with Crippen LogP contribution < -0.4 is 0 Å². The molecule has 21 heavy (non-hydrogen) atoms. The molecule has 0 spiro atoms. The smallest absolute Gasteiger partial charge is 0.308 e. The summed E-state index contributed by atoms with van der Waals surface area (Å²) < 4.78 is 0. The summed E-state index contributed by atoms with van der Waals surface area (Å²) in [6.07, 6.45) is 1.40. The van der Waals surface area contributed by atoms with E-state index in [2.05, 4.69) is 20.8 Å². The van der Waals surface area contributed by atoms with Crippen molar-refractivity contribution < 1.29 is 14.7 Å². The van der Waals surface area contributed by atoms with Gasteiger partial charge in [-0.2, -0.15) is 0 Å². The second-order valence-electron chi connectivity index (χ2n) is 6.72. The number of likely N-dealkylation sites (tertiary alicyclic amines) is 1. The molecule has 1 heterocycles. The summed E-state index contributed by atoms with van der Waals surface area (Å²) in [6, 6.07) is 7.62. The predicted octanol–water partition coefficient (Wildman–Crippen LogP) is 2.92. The highest BCUT2D eigenvalue weighted by molar-refractivity contribution is 5.96. The lowest BCUT2D eigenvalue weighted by Crippen LogP contribution is -2.43. The van der Waals surface area contributed by atoms with E-state index in [9.17, 15) is 9.59 Å². The van der Waals surface area contributed by atoms with Crippen LogP contribution in [-0.4, -0.2) is 35.0 Å². The molecule has 1 atom stereocenters. The van der Waals surface area contributed by atoms with Crippen molar-refractivity contribution in [2.45, 2.75) is 39.0 Å². The molecule has 1 aromatic rings. The summed E-state index contributed by atoms with van der Waals surface area (Å²) in [5.74, 6) is -1.30. The highest BCUT2D eigenvalue weighted by atomic mass is 16.4. The maximum absolute atomic E-state index is 12.8. The van der Waals surface area contributed by atoms with Gasteiger partial charge in [0.25, 0.3) is 5.91 Å². The van der Waals surface area contributed by atoms with Gasteiger partial charge in [-0.15, -0.1) is 0 Å². The number of amides is 1. The Hall–Kier alpha value is -1.84. The quantitative estimate of drug-likeness (QED) is 0.910. The van der Waals surface area contributed by atoms with Crippen molar-refractivity contribution in [2.75, 3.05) is 13.1 Å². The van der Waals surface area contributed by atoms with E-state index in [1.54, 1.807) is 4.90 Å². The van der Waals surface area contributed by atoms with Crippen LogP contribution in [0.4, 0.5) is 0 Å². The molecule has 0 saturated carbocycles. The average molecular weight is 289 g/mol. The molecule has 1 unspecified atom stereocenters. The fraction of sp³-hybridized carbons (Fsp3) is 0.529. The van der Waals surface area contributed by atoms with Gasteiger partial charge in [0.15, 0.2) is 0 Å². The van der Waals surface area contributed by atoms with Gasteiger partial charge in [0, 0.05) is 18.7 Å². The van der Waals surface area contributed by atoms with Gasteiger partial charge in [-0.25, -0.2) is 0 Å². The van der Waals surface area contributed by atoms with Gasteiger partial charge in [-0.3, -0.25) is 9.59 Å². The molecule has 114 valence electrons. The van der Waals surface area contributed by atoms with Crippen LogP contribution in [0.15, 0.2) is 24.3 Å². The Morgan fingerprint density at radius 3 is 2.52 bits per heavy atom. The molecule has 1 fully saturated rings. The van der Waals surface area contributed by atoms with E-state index in [0.29, 0.717) is 25.1 Å². The number of carbonyl (C=O) groups is 2. The van der Waals surface area contributed by atoms with Gasteiger partial charge in [0.05, 0.1) is 5.92 Å². The number of nitrogens with zero attached hydrogens (tertiary/aromatic N) is 1. The van der Waals surface area contributed by atoms with E-state index in [1.807, 2.05) is 24.3 Å². The van der Waals surface area contributed by atoms with Crippen LogP contribution in [0.5, 0.6) is 0 Å². The Labute approximate surface area is 125 Å². The van der Waals surface area contributed by atoms with Crippen molar-refractivity contribution in [1.29, 1.82) is 0 Å². The second kappa shape index (κ2) is 5.88. The summed E-state index contributed by atoms with van der Waals surface area (Å²) >= 11 is 0. The monoisotopic (exact) mass is 289 g/mol. The standard InChI is InChI=1S/C17H23NO3/c1-17(2,3)14-9-5-4-8-13(14)15(19)18-10-6-7-12(11-18)16(20)21/h4-5,8-9,12H,6-7,10-11H2,1-3H3,(H,20,21). The van der Waals surface area contributed by atoms with Crippen molar-refractivity contribution in [3.05, 3.63) is 35.4 Å². The van der Waals surface area contributed by atoms with Gasteiger partial charge in [0.1, 0.15) is 0 Å². The Balaban J connectivity index is 2.26. The fourth-order valence-corrected chi connectivity index (χ4v) is 2.86. The Bertz CT molecular complexity index is 545. The Morgan fingerprint density at radius 1 is 1.24 bits per heavy atom. The van der Waals surface area contributed by atoms with Crippen molar-refractivity contribution in [2.24, 2.45) is 5.92 Å². The van der Waals surface area contributed by atoms with Crippen LogP contribution in [0.3, 0.4) is 0 Å². The van der Waals surface area contributed by atoms with Crippen LogP contribution in [-0.2, 0) is 10.2 Å². The predicted molar refractivity (Wildman–Crippen MR) is 81.4 cm³/mol. The Kier molecular flexibility index (Phi) is 4.35. The highest BCUT2D eigenvalue weighted by Crippen LogP contribution is 2.28. The van der Waals surface area contributed by atoms with Crippen molar-refractivity contribution >= 4 is 11.9 Å². The molecule has 0 bridgehead atoms. The lowest BCUT2D eigenvalue weighted by atomic mass is 9.83. The number of carboxylic acids is 1. The number of carboxylic acid groups (broad SMARTS) is 1. The maximum Gasteiger partial charge on any atom is 0.308 e. The summed E-state index contributed by atoms with van der Waals surface area (Å²) in [5, 5.41) is 9.15. The maximum atomic E-state index is 12.8. The third-order valence-electron chi connectivity index (χ3n) is 4.02. The number of hydrogen-bond acceptors (Lipinski definition) is 2. The first-order valence-electron chi connectivity index (χ1n) is 7.42. The highest BCUT2D eigenvalue weighted by Gasteiger charge is 2.30. The summed E-state index contributed by atoms with van der Waals surface area (Å²) in [4.78, 5) is 25.6. The molecule has 1 saturated heterocycles. The zero-order valence-electron chi connectivity index (χ0n) is 12.9. The van der Waals surface area contributed by atoms with E-state index < -0.39 is 11.9 Å². The molecule has 1 aliphatic rings. The molecule has 4 nitrogen and oxygen atoms in total. The van der Waals surface area contributed by atoms with Crippen LogP contribution in [0.2, 0.25) is 0 Å². The fourth-order valence-electron chi connectivity index (χ4n) is 2.86. The molecule has 0 aromatic heterocycles. The number of carbonyl (C=O) groups excluding carboxylic acids is 1. The SMILES string of the molecule is CC(C)(C)c1ccccc1C(=O)N1CCCC(C(=O)O)C1. The zero-order chi connectivity index (χ0) is 15.6. The average Bonchev–Trinajstić information content (AvgIpc) is 2.45. The summed E-state index contributed by atoms with van der Waals surface area (Å²) in [7, 11) is 0. The van der Waals surface area contributed by atoms with Gasteiger partial charge < -0.3 is 10.0 Å². The number of rotatable bonds is 2. The molecule has 1 aromatic carbocycles. The first-order valence-corrected chi connectivity index (χ1v) is 7.42. The first-order chi connectivity index (χ1) is 9.80. The Morgan fingerprint density at radius 2 is 1.90 bits per heavy atom. The zero-order valence-corrected chi connectivity index (χ0v) is 12.9. The normalized spacial score (nSPS) is 19.4. The summed E-state index contributed by atoms with van der Waals surface area (Å²) in [6.45, 7) is 7.19. The largest absolute Gasteiger partial charge is 0.481 e. The van der Waals surface area contributed by atoms with Crippen LogP contribution in [0.1, 0.15) is 49.5 Å². The van der Waals surface area contributed by atoms with E-state index in [0.717, 1.165) is 12.0 Å². The minimum atomic E-state index is -0.809. The van der Waals surface area contributed by atoms with E-state index >= 15 is 0 Å².